The van der Waals surface area contributed by atoms with Gasteiger partial charge in [0.15, 0.2) is 0 Å². The molecule has 11 nitrogen and oxygen atoms in total. The summed E-state index contributed by atoms with van der Waals surface area (Å²) in [6, 6.07) is 2.20. The van der Waals surface area contributed by atoms with Gasteiger partial charge >= 0.3 is 0 Å². The highest BCUT2D eigenvalue weighted by atomic mass is 35.5. The summed E-state index contributed by atoms with van der Waals surface area (Å²) in [6.07, 6.45) is 9.21. The van der Waals surface area contributed by atoms with Gasteiger partial charge in [-0.15, -0.1) is 0 Å². The average Bonchev–Trinajstić information content (AvgIpc) is 3.00. The number of rotatable bonds is 14. The van der Waals surface area contributed by atoms with E-state index in [1.807, 2.05) is 0 Å². The first-order chi connectivity index (χ1) is 21.1. The lowest BCUT2D eigenvalue weighted by Crippen LogP contribution is -2.50. The van der Waals surface area contributed by atoms with Crippen LogP contribution in [0.5, 0.6) is 5.75 Å². The minimum Gasteiger partial charge on any atom is -0.493 e. The van der Waals surface area contributed by atoms with E-state index in [0.29, 0.717) is 23.5 Å². The number of benzene rings is 1. The molecule has 2 aromatic rings. The van der Waals surface area contributed by atoms with Crippen molar-refractivity contribution in [3.05, 3.63) is 58.9 Å². The first-order valence-corrected chi connectivity index (χ1v) is 15.0. The summed E-state index contributed by atoms with van der Waals surface area (Å²) in [6.45, 7) is 0.836. The molecule has 44 heavy (non-hydrogen) atoms. The van der Waals surface area contributed by atoms with Crippen LogP contribution in [0.1, 0.15) is 31.2 Å². The largest absolute Gasteiger partial charge is 0.493 e. The highest BCUT2D eigenvalue weighted by Crippen LogP contribution is 2.26. The maximum atomic E-state index is 14.7. The summed E-state index contributed by atoms with van der Waals surface area (Å²) in [5.74, 6) is -1.50. The van der Waals surface area contributed by atoms with Gasteiger partial charge in [-0.2, -0.15) is 0 Å². The standard InChI is InChI=1S/C30H38ClF2N5O6/c31-22-13-34-29(35-14-22)37-7-5-20(6-8-37)2-1-9-44-23-10-25(32)24(26(33)11-23)12-28(42)38-15-21(16-38)3-4-27(41)36-17-30(43,18-39)19-40/h3-4,10-11,13-14,20-21,39-40,43H,1-2,5-9,12,15-19H2,(H,36,41). The van der Waals surface area contributed by atoms with Crippen molar-refractivity contribution in [3.63, 3.8) is 0 Å². The second kappa shape index (κ2) is 15.6. The van der Waals surface area contributed by atoms with Gasteiger partial charge in [0, 0.05) is 49.8 Å². The van der Waals surface area contributed by atoms with Crippen molar-refractivity contribution in [2.45, 2.75) is 37.7 Å². The van der Waals surface area contributed by atoms with E-state index in [4.69, 9.17) is 26.6 Å². The van der Waals surface area contributed by atoms with Crippen LogP contribution in [-0.4, -0.2) is 100 Å². The number of ether oxygens (including phenoxy) is 1. The fourth-order valence-electron chi connectivity index (χ4n) is 5.08. The van der Waals surface area contributed by atoms with Gasteiger partial charge in [-0.05, 0) is 37.7 Å². The third kappa shape index (κ3) is 9.31. The van der Waals surface area contributed by atoms with E-state index in [2.05, 4.69) is 20.2 Å². The number of nitrogens with zero attached hydrogens (tertiary/aromatic N) is 4. The molecule has 0 radical (unpaired) electrons. The van der Waals surface area contributed by atoms with E-state index in [0.717, 1.165) is 50.9 Å². The van der Waals surface area contributed by atoms with Crippen LogP contribution < -0.4 is 15.0 Å². The summed E-state index contributed by atoms with van der Waals surface area (Å²) >= 11 is 5.86. The number of hydrogen-bond donors (Lipinski definition) is 4. The molecule has 0 atom stereocenters. The number of nitrogens with one attached hydrogen (secondary N) is 1. The van der Waals surface area contributed by atoms with Crippen LogP contribution in [0.4, 0.5) is 14.7 Å². The molecule has 1 aromatic heterocycles. The molecule has 4 rings (SSSR count). The number of carbonyl (C=O) groups is 2. The Kier molecular flexibility index (Phi) is 11.8. The van der Waals surface area contributed by atoms with E-state index in [1.54, 1.807) is 18.5 Å². The van der Waals surface area contributed by atoms with Crippen LogP contribution in [0.2, 0.25) is 5.02 Å². The molecule has 2 aliphatic heterocycles. The molecule has 0 saturated carbocycles. The average molecular weight is 638 g/mol. The molecule has 2 amide bonds. The molecule has 2 fully saturated rings. The fraction of sp³-hybridized carbons (Fsp3) is 0.533. The lowest BCUT2D eigenvalue weighted by atomic mass is 9.92. The third-order valence-corrected chi connectivity index (χ3v) is 8.13. The lowest BCUT2D eigenvalue weighted by molar-refractivity contribution is -0.135. The van der Waals surface area contributed by atoms with Gasteiger partial charge in [-0.1, -0.05) is 17.7 Å². The Balaban J connectivity index is 1.14. The van der Waals surface area contributed by atoms with E-state index in [1.165, 1.54) is 11.0 Å². The zero-order chi connectivity index (χ0) is 31.7. The number of piperidine rings is 1. The third-order valence-electron chi connectivity index (χ3n) is 7.93. The van der Waals surface area contributed by atoms with Crippen molar-refractivity contribution in [1.29, 1.82) is 0 Å². The first-order valence-electron chi connectivity index (χ1n) is 14.6. The van der Waals surface area contributed by atoms with Gasteiger partial charge in [0.25, 0.3) is 0 Å². The predicted octanol–water partition coefficient (Wildman–Crippen LogP) is 1.87. The van der Waals surface area contributed by atoms with Crippen molar-refractivity contribution in [1.82, 2.24) is 20.2 Å². The van der Waals surface area contributed by atoms with Crippen LogP contribution in [0.3, 0.4) is 0 Å². The molecule has 2 aliphatic rings. The van der Waals surface area contributed by atoms with Gasteiger partial charge in [0.2, 0.25) is 17.8 Å². The molecule has 2 saturated heterocycles. The number of aliphatic hydroxyl groups excluding tert-OH is 2. The molecule has 14 heteroatoms. The molecule has 1 aromatic carbocycles. The number of hydrogen-bond acceptors (Lipinski definition) is 9. The highest BCUT2D eigenvalue weighted by molar-refractivity contribution is 6.30. The molecular weight excluding hydrogens is 600 g/mol. The Labute approximate surface area is 259 Å². The Morgan fingerprint density at radius 1 is 1.11 bits per heavy atom. The second-order valence-electron chi connectivity index (χ2n) is 11.3. The fourth-order valence-corrected chi connectivity index (χ4v) is 5.18. The summed E-state index contributed by atoms with van der Waals surface area (Å²) in [4.78, 5) is 36.6. The van der Waals surface area contributed by atoms with Crippen molar-refractivity contribution in [2.24, 2.45) is 11.8 Å². The van der Waals surface area contributed by atoms with Crippen LogP contribution in [0.25, 0.3) is 0 Å². The minimum atomic E-state index is -1.81. The lowest BCUT2D eigenvalue weighted by Gasteiger charge is -2.37. The van der Waals surface area contributed by atoms with Crippen molar-refractivity contribution in [2.75, 3.05) is 57.4 Å². The molecule has 0 spiro atoms. The highest BCUT2D eigenvalue weighted by Gasteiger charge is 2.30. The number of aliphatic hydroxyl groups is 3. The SMILES string of the molecule is O=C(C=CC1CN(C(=O)Cc2c(F)cc(OCCCC3CCN(c4ncc(Cl)cn4)CC3)cc2F)C1)NCC(O)(CO)CO. The van der Waals surface area contributed by atoms with Gasteiger partial charge in [-0.3, -0.25) is 9.59 Å². The summed E-state index contributed by atoms with van der Waals surface area (Å²) < 4.78 is 35.1. The van der Waals surface area contributed by atoms with Gasteiger partial charge in [0.05, 0.1) is 50.2 Å². The summed E-state index contributed by atoms with van der Waals surface area (Å²) in [5, 5.41) is 30.7. The minimum absolute atomic E-state index is 0.0785. The van der Waals surface area contributed by atoms with Crippen LogP contribution in [-0.2, 0) is 16.0 Å². The number of carbonyl (C=O) groups excluding carboxylic acids is 2. The maximum Gasteiger partial charge on any atom is 0.243 e. The van der Waals surface area contributed by atoms with E-state index in [-0.39, 0.29) is 36.9 Å². The normalized spacial score (nSPS) is 16.3. The van der Waals surface area contributed by atoms with Crippen molar-refractivity contribution >= 4 is 29.4 Å². The van der Waals surface area contributed by atoms with E-state index in [9.17, 15) is 23.5 Å². The molecule has 4 N–H and O–H groups in total. The number of likely N-dealkylation sites (tertiary alicyclic amines) is 1. The molecule has 0 unspecified atom stereocenters. The van der Waals surface area contributed by atoms with Crippen LogP contribution >= 0.6 is 11.6 Å². The number of aromatic nitrogens is 2. The summed E-state index contributed by atoms with van der Waals surface area (Å²) in [5.41, 5.74) is -2.13. The molecule has 3 heterocycles. The smallest absolute Gasteiger partial charge is 0.243 e. The number of anilines is 1. The van der Waals surface area contributed by atoms with Crippen molar-refractivity contribution < 1.29 is 38.4 Å². The Morgan fingerprint density at radius 3 is 2.36 bits per heavy atom. The van der Waals surface area contributed by atoms with Crippen molar-refractivity contribution in [3.8, 4) is 5.75 Å². The topological polar surface area (TPSA) is 148 Å². The second-order valence-corrected chi connectivity index (χ2v) is 11.8. The predicted molar refractivity (Wildman–Crippen MR) is 158 cm³/mol. The summed E-state index contributed by atoms with van der Waals surface area (Å²) in [7, 11) is 0. The quantitative estimate of drug-likeness (QED) is 0.180. The van der Waals surface area contributed by atoms with Crippen LogP contribution in [0, 0.1) is 23.5 Å². The van der Waals surface area contributed by atoms with Gasteiger partial charge in [-0.25, -0.2) is 18.7 Å². The first kappa shape index (κ1) is 33.5. The molecule has 0 bridgehead atoms. The van der Waals surface area contributed by atoms with Crippen LogP contribution in [0.15, 0.2) is 36.7 Å². The molecular formula is C30H38ClF2N5O6. The number of halogens is 3. The molecule has 240 valence electrons. The Bertz CT molecular complexity index is 1280. The number of amides is 2. The zero-order valence-electron chi connectivity index (χ0n) is 24.3. The monoisotopic (exact) mass is 637 g/mol. The maximum absolute atomic E-state index is 14.7. The van der Waals surface area contributed by atoms with Gasteiger partial charge in [0.1, 0.15) is 23.0 Å². The molecule has 0 aliphatic carbocycles. The van der Waals surface area contributed by atoms with Gasteiger partial charge < -0.3 is 35.2 Å². The zero-order valence-corrected chi connectivity index (χ0v) is 25.1. The Morgan fingerprint density at radius 2 is 1.75 bits per heavy atom. The van der Waals surface area contributed by atoms with E-state index >= 15 is 0 Å². The van der Waals surface area contributed by atoms with E-state index < -0.39 is 48.7 Å². The Hall–Kier alpha value is -3.39.